The lowest BCUT2D eigenvalue weighted by Gasteiger charge is -2.25. The number of hydrogen-bond donors (Lipinski definition) is 2. The molecule has 5 heteroatoms. The maximum absolute atomic E-state index is 12.3. The van der Waals surface area contributed by atoms with E-state index in [1.807, 2.05) is 31.2 Å². The van der Waals surface area contributed by atoms with Gasteiger partial charge in [0.15, 0.2) is 0 Å². The van der Waals surface area contributed by atoms with Crippen LogP contribution in [-0.2, 0) is 11.2 Å². The van der Waals surface area contributed by atoms with E-state index in [1.165, 1.54) is 6.42 Å². The van der Waals surface area contributed by atoms with Crippen LogP contribution >= 0.6 is 11.6 Å². The molecule has 1 aromatic rings. The van der Waals surface area contributed by atoms with E-state index >= 15 is 0 Å². The lowest BCUT2D eigenvalue weighted by atomic mass is 9.95. The second kappa shape index (κ2) is 7.20. The monoisotopic (exact) mass is 336 g/mol. The molecule has 2 aliphatic rings. The number of benzene rings is 1. The highest BCUT2D eigenvalue weighted by molar-refractivity contribution is 6.31. The molecule has 0 spiro atoms. The fourth-order valence-corrected chi connectivity index (χ4v) is 4.30. The predicted octanol–water partition coefficient (Wildman–Crippen LogP) is 2.37. The SMILES string of the molecule is C[C@@H](O)CN1[C@@H]2CC[C@H]1[C@@H](NC(=O)CCc1ccccc1Cl)C2. The van der Waals surface area contributed by atoms with E-state index in [4.69, 9.17) is 11.6 Å². The Bertz CT molecular complexity index is 564. The number of carbonyl (C=O) groups is 1. The van der Waals surface area contributed by atoms with Crippen molar-refractivity contribution in [3.63, 3.8) is 0 Å². The highest BCUT2D eigenvalue weighted by atomic mass is 35.5. The molecule has 2 heterocycles. The lowest BCUT2D eigenvalue weighted by molar-refractivity contribution is -0.122. The fraction of sp³-hybridized carbons (Fsp3) is 0.611. The molecule has 3 rings (SSSR count). The van der Waals surface area contributed by atoms with Gasteiger partial charge in [-0.1, -0.05) is 29.8 Å². The smallest absolute Gasteiger partial charge is 0.220 e. The van der Waals surface area contributed by atoms with Gasteiger partial charge < -0.3 is 10.4 Å². The van der Waals surface area contributed by atoms with Gasteiger partial charge in [0.2, 0.25) is 5.91 Å². The van der Waals surface area contributed by atoms with Crippen LogP contribution in [0.1, 0.15) is 38.2 Å². The van der Waals surface area contributed by atoms with Crippen molar-refractivity contribution in [2.75, 3.05) is 6.54 Å². The number of halogens is 1. The molecule has 2 aliphatic heterocycles. The number of aryl methyl sites for hydroxylation is 1. The van der Waals surface area contributed by atoms with E-state index in [-0.39, 0.29) is 18.1 Å². The summed E-state index contributed by atoms with van der Waals surface area (Å²) < 4.78 is 0. The zero-order chi connectivity index (χ0) is 16.4. The van der Waals surface area contributed by atoms with Gasteiger partial charge in [-0.25, -0.2) is 0 Å². The third kappa shape index (κ3) is 3.87. The van der Waals surface area contributed by atoms with Crippen molar-refractivity contribution in [2.24, 2.45) is 0 Å². The molecular formula is C18H25ClN2O2. The third-order valence-electron chi connectivity index (χ3n) is 5.08. The maximum atomic E-state index is 12.3. The first-order valence-electron chi connectivity index (χ1n) is 8.51. The molecule has 0 saturated carbocycles. The summed E-state index contributed by atoms with van der Waals surface area (Å²) in [6, 6.07) is 8.81. The quantitative estimate of drug-likeness (QED) is 0.838. The van der Waals surface area contributed by atoms with Gasteiger partial charge in [0, 0.05) is 36.1 Å². The van der Waals surface area contributed by atoms with Gasteiger partial charge in [0.05, 0.1) is 6.10 Å². The van der Waals surface area contributed by atoms with Gasteiger partial charge in [0.1, 0.15) is 0 Å². The van der Waals surface area contributed by atoms with Crippen molar-refractivity contribution >= 4 is 17.5 Å². The molecule has 2 fully saturated rings. The molecule has 1 aromatic carbocycles. The number of aliphatic hydroxyl groups is 1. The molecule has 23 heavy (non-hydrogen) atoms. The lowest BCUT2D eigenvalue weighted by Crippen LogP contribution is -2.45. The minimum absolute atomic E-state index is 0.0967. The summed E-state index contributed by atoms with van der Waals surface area (Å²) in [5, 5.41) is 13.6. The van der Waals surface area contributed by atoms with E-state index in [1.54, 1.807) is 0 Å². The summed E-state index contributed by atoms with van der Waals surface area (Å²) in [6.07, 6.45) is 4.14. The first-order chi connectivity index (χ1) is 11.0. The van der Waals surface area contributed by atoms with Gasteiger partial charge in [-0.3, -0.25) is 9.69 Å². The Morgan fingerprint density at radius 3 is 2.96 bits per heavy atom. The average Bonchev–Trinajstić information content (AvgIpc) is 3.02. The minimum Gasteiger partial charge on any atom is -0.392 e. The Balaban J connectivity index is 1.50. The molecule has 1 amide bonds. The normalized spacial score (nSPS) is 28.0. The molecule has 2 N–H and O–H groups in total. The average molecular weight is 337 g/mol. The van der Waals surface area contributed by atoms with Crippen LogP contribution in [0.2, 0.25) is 5.02 Å². The first-order valence-corrected chi connectivity index (χ1v) is 8.89. The largest absolute Gasteiger partial charge is 0.392 e. The van der Waals surface area contributed by atoms with Crippen LogP contribution in [0.25, 0.3) is 0 Å². The molecule has 2 saturated heterocycles. The number of fused-ring (bicyclic) bond motifs is 2. The zero-order valence-corrected chi connectivity index (χ0v) is 14.3. The minimum atomic E-state index is -0.312. The molecule has 4 atom stereocenters. The van der Waals surface area contributed by atoms with Crippen molar-refractivity contribution < 1.29 is 9.90 Å². The number of nitrogens with zero attached hydrogens (tertiary/aromatic N) is 1. The molecule has 0 unspecified atom stereocenters. The number of nitrogens with one attached hydrogen (secondary N) is 1. The van der Waals surface area contributed by atoms with Crippen LogP contribution in [-0.4, -0.2) is 46.7 Å². The molecule has 0 aromatic heterocycles. The van der Waals surface area contributed by atoms with E-state index in [0.29, 0.717) is 31.5 Å². The summed E-state index contributed by atoms with van der Waals surface area (Å²) >= 11 is 6.13. The van der Waals surface area contributed by atoms with Crippen molar-refractivity contribution in [1.29, 1.82) is 0 Å². The van der Waals surface area contributed by atoms with E-state index in [9.17, 15) is 9.90 Å². The highest BCUT2D eigenvalue weighted by Crippen LogP contribution is 2.37. The van der Waals surface area contributed by atoms with E-state index < -0.39 is 0 Å². The Labute approximate surface area is 142 Å². The Hall–Kier alpha value is -1.10. The summed E-state index contributed by atoms with van der Waals surface area (Å²) in [5.74, 6) is 0.0967. The topological polar surface area (TPSA) is 52.6 Å². The van der Waals surface area contributed by atoms with Crippen LogP contribution in [0.3, 0.4) is 0 Å². The standard InChI is InChI=1S/C18H25ClN2O2/c1-12(22)11-21-14-7-8-17(21)16(10-14)20-18(23)9-6-13-4-2-3-5-15(13)19/h2-5,12,14,16-17,22H,6-11H2,1H3,(H,20,23)/t12-,14-,16+,17+/m1/s1. The number of carbonyl (C=O) groups excluding carboxylic acids is 1. The second-order valence-electron chi connectivity index (χ2n) is 6.85. The van der Waals surface area contributed by atoms with Gasteiger partial charge in [-0.05, 0) is 44.2 Å². The number of amides is 1. The van der Waals surface area contributed by atoms with Crippen LogP contribution in [0, 0.1) is 0 Å². The van der Waals surface area contributed by atoms with Crippen LogP contribution < -0.4 is 5.32 Å². The van der Waals surface area contributed by atoms with E-state index in [2.05, 4.69) is 10.2 Å². The van der Waals surface area contributed by atoms with Gasteiger partial charge in [0.25, 0.3) is 0 Å². The molecule has 0 radical (unpaired) electrons. The van der Waals surface area contributed by atoms with Gasteiger partial charge in [-0.2, -0.15) is 0 Å². The Kier molecular flexibility index (Phi) is 5.24. The van der Waals surface area contributed by atoms with Crippen molar-refractivity contribution in [3.8, 4) is 0 Å². The number of hydrogen-bond acceptors (Lipinski definition) is 3. The molecule has 126 valence electrons. The van der Waals surface area contributed by atoms with Gasteiger partial charge >= 0.3 is 0 Å². The molecular weight excluding hydrogens is 312 g/mol. The fourth-order valence-electron chi connectivity index (χ4n) is 4.07. The molecule has 2 bridgehead atoms. The Morgan fingerprint density at radius 2 is 2.22 bits per heavy atom. The summed E-state index contributed by atoms with van der Waals surface area (Å²) in [6.45, 7) is 2.54. The third-order valence-corrected chi connectivity index (χ3v) is 5.45. The van der Waals surface area contributed by atoms with Crippen molar-refractivity contribution in [2.45, 2.75) is 63.3 Å². The Morgan fingerprint density at radius 1 is 1.43 bits per heavy atom. The second-order valence-corrected chi connectivity index (χ2v) is 7.25. The van der Waals surface area contributed by atoms with Crippen LogP contribution in [0.15, 0.2) is 24.3 Å². The summed E-state index contributed by atoms with van der Waals surface area (Å²) in [4.78, 5) is 14.6. The molecule has 4 nitrogen and oxygen atoms in total. The van der Waals surface area contributed by atoms with Crippen LogP contribution in [0.4, 0.5) is 0 Å². The summed E-state index contributed by atoms with van der Waals surface area (Å²) in [5.41, 5.74) is 1.02. The molecule has 0 aliphatic carbocycles. The van der Waals surface area contributed by atoms with Crippen molar-refractivity contribution in [1.82, 2.24) is 10.2 Å². The maximum Gasteiger partial charge on any atom is 0.220 e. The zero-order valence-electron chi connectivity index (χ0n) is 13.5. The predicted molar refractivity (Wildman–Crippen MR) is 91.5 cm³/mol. The van der Waals surface area contributed by atoms with Crippen molar-refractivity contribution in [3.05, 3.63) is 34.9 Å². The first kappa shape index (κ1) is 16.7. The van der Waals surface area contributed by atoms with Crippen LogP contribution in [0.5, 0.6) is 0 Å². The van der Waals surface area contributed by atoms with Gasteiger partial charge in [-0.15, -0.1) is 0 Å². The number of rotatable bonds is 6. The number of aliphatic hydroxyl groups excluding tert-OH is 1. The summed E-state index contributed by atoms with van der Waals surface area (Å²) in [7, 11) is 0. The highest BCUT2D eigenvalue weighted by Gasteiger charge is 2.46. The van der Waals surface area contributed by atoms with E-state index in [0.717, 1.165) is 23.4 Å².